The van der Waals surface area contributed by atoms with Crippen molar-refractivity contribution in [1.29, 1.82) is 0 Å². The fourth-order valence-electron chi connectivity index (χ4n) is 4.97. The second-order valence-electron chi connectivity index (χ2n) is 8.98. The van der Waals surface area contributed by atoms with Crippen LogP contribution in [0.15, 0.2) is 91.1 Å². The molecule has 0 bridgehead atoms. The molecule has 1 saturated heterocycles. The summed E-state index contributed by atoms with van der Waals surface area (Å²) in [6, 6.07) is 17.6. The van der Waals surface area contributed by atoms with Gasteiger partial charge in [0.2, 0.25) is 0 Å². The van der Waals surface area contributed by atoms with Crippen LogP contribution in [0.3, 0.4) is 0 Å². The number of allylic oxidation sites excluding steroid dienone is 4. The second kappa shape index (κ2) is 11.1. The van der Waals surface area contributed by atoms with E-state index in [9.17, 15) is 9.59 Å². The molecule has 1 aliphatic heterocycles. The summed E-state index contributed by atoms with van der Waals surface area (Å²) in [5.74, 6) is -0.428. The molecular weight excluding hydrogens is 424 g/mol. The molecule has 1 heterocycles. The summed E-state index contributed by atoms with van der Waals surface area (Å²) < 4.78 is 11.5. The summed E-state index contributed by atoms with van der Waals surface area (Å²) in [6.45, 7) is 5.86. The zero-order valence-corrected chi connectivity index (χ0v) is 19.7. The van der Waals surface area contributed by atoms with Crippen molar-refractivity contribution in [3.05, 3.63) is 96.6 Å². The molecule has 2 aliphatic rings. The van der Waals surface area contributed by atoms with Gasteiger partial charge in [0.25, 0.3) is 0 Å². The van der Waals surface area contributed by atoms with E-state index >= 15 is 0 Å². The van der Waals surface area contributed by atoms with Gasteiger partial charge in [0.05, 0.1) is 12.0 Å². The first kappa shape index (κ1) is 23.7. The van der Waals surface area contributed by atoms with Crippen LogP contribution < -0.4 is 0 Å². The molecule has 1 aliphatic carbocycles. The summed E-state index contributed by atoms with van der Waals surface area (Å²) in [7, 11) is 0. The van der Waals surface area contributed by atoms with E-state index in [1.165, 1.54) is 5.57 Å². The number of rotatable bonds is 9. The van der Waals surface area contributed by atoms with Gasteiger partial charge >= 0.3 is 11.9 Å². The number of ether oxygens (including phenoxy) is 2. The third-order valence-corrected chi connectivity index (χ3v) is 6.86. The average Bonchev–Trinajstić information content (AvgIpc) is 3.37. The molecule has 0 amide bonds. The molecule has 4 rings (SSSR count). The van der Waals surface area contributed by atoms with Crippen molar-refractivity contribution in [3.8, 4) is 11.1 Å². The van der Waals surface area contributed by atoms with Gasteiger partial charge < -0.3 is 9.47 Å². The van der Waals surface area contributed by atoms with E-state index < -0.39 is 0 Å². The van der Waals surface area contributed by atoms with Crippen molar-refractivity contribution >= 4 is 11.9 Å². The van der Waals surface area contributed by atoms with Crippen LogP contribution >= 0.6 is 0 Å². The van der Waals surface area contributed by atoms with E-state index in [0.29, 0.717) is 18.4 Å². The topological polar surface area (TPSA) is 52.6 Å². The number of unbranched alkanes of at least 4 members (excludes halogenated alkanes) is 1. The van der Waals surface area contributed by atoms with Crippen LogP contribution in [0.1, 0.15) is 49.4 Å². The molecular formula is C30H32O4. The maximum absolute atomic E-state index is 12.9. The van der Waals surface area contributed by atoms with E-state index in [1.54, 1.807) is 0 Å². The van der Waals surface area contributed by atoms with Gasteiger partial charge in [0.1, 0.15) is 12.2 Å². The highest BCUT2D eigenvalue weighted by Gasteiger charge is 2.50. The summed E-state index contributed by atoms with van der Waals surface area (Å²) >= 11 is 0. The average molecular weight is 457 g/mol. The minimum atomic E-state index is -0.335. The van der Waals surface area contributed by atoms with Crippen LogP contribution in [0.25, 0.3) is 11.1 Å². The van der Waals surface area contributed by atoms with E-state index in [2.05, 4.69) is 24.8 Å². The molecule has 34 heavy (non-hydrogen) atoms. The molecule has 2 fully saturated rings. The number of carbonyl (C=O) groups excluding carboxylic acids is 2. The van der Waals surface area contributed by atoms with E-state index in [-0.39, 0.29) is 36.0 Å². The lowest BCUT2D eigenvalue weighted by molar-refractivity contribution is -0.141. The lowest BCUT2D eigenvalue weighted by atomic mass is 9.91. The zero-order valence-electron chi connectivity index (χ0n) is 19.7. The van der Waals surface area contributed by atoms with E-state index in [4.69, 9.17) is 9.47 Å². The molecule has 0 spiro atoms. The molecule has 0 radical (unpaired) electrons. The number of carbonyl (C=O) groups is 2. The van der Waals surface area contributed by atoms with Crippen molar-refractivity contribution in [1.82, 2.24) is 0 Å². The molecule has 0 N–H and O–H groups in total. The monoisotopic (exact) mass is 456 g/mol. The maximum atomic E-state index is 12.9. The highest BCUT2D eigenvalue weighted by Crippen LogP contribution is 2.43. The van der Waals surface area contributed by atoms with Crippen LogP contribution in [-0.2, 0) is 14.3 Å². The summed E-state index contributed by atoms with van der Waals surface area (Å²) in [6.07, 6.45) is 11.7. The third-order valence-electron chi connectivity index (χ3n) is 6.86. The van der Waals surface area contributed by atoms with Gasteiger partial charge in [-0.1, -0.05) is 78.9 Å². The number of hydrogen-bond donors (Lipinski definition) is 0. The SMILES string of the molecule is C=CC(=CC)CCCC=CC1C(OC(=O)c2ccc(-c3ccccc3)cc2)CC2OC(=O)CC21. The van der Waals surface area contributed by atoms with Gasteiger partial charge in [-0.25, -0.2) is 4.79 Å². The van der Waals surface area contributed by atoms with Gasteiger partial charge in [-0.3, -0.25) is 4.79 Å². The third kappa shape index (κ3) is 5.56. The van der Waals surface area contributed by atoms with Crippen LogP contribution in [0.2, 0.25) is 0 Å². The molecule has 4 atom stereocenters. The highest BCUT2D eigenvalue weighted by atomic mass is 16.6. The Morgan fingerprint density at radius 3 is 2.56 bits per heavy atom. The summed E-state index contributed by atoms with van der Waals surface area (Å²) in [5, 5.41) is 0. The first-order valence-corrected chi connectivity index (χ1v) is 12.1. The molecule has 2 aromatic rings. The van der Waals surface area contributed by atoms with Crippen molar-refractivity contribution in [2.24, 2.45) is 11.8 Å². The van der Waals surface area contributed by atoms with Crippen LogP contribution in [0.4, 0.5) is 0 Å². The van der Waals surface area contributed by atoms with Gasteiger partial charge in [-0.2, -0.15) is 0 Å². The van der Waals surface area contributed by atoms with Crippen LogP contribution in [0, 0.1) is 11.8 Å². The van der Waals surface area contributed by atoms with Gasteiger partial charge in [-0.15, -0.1) is 0 Å². The Labute approximate surface area is 202 Å². The number of hydrogen-bond acceptors (Lipinski definition) is 4. The molecule has 1 saturated carbocycles. The number of benzene rings is 2. The lowest BCUT2D eigenvalue weighted by Gasteiger charge is -2.20. The second-order valence-corrected chi connectivity index (χ2v) is 8.98. The fraction of sp³-hybridized carbons (Fsp3) is 0.333. The molecule has 176 valence electrons. The smallest absolute Gasteiger partial charge is 0.338 e. The zero-order chi connectivity index (χ0) is 23.9. The van der Waals surface area contributed by atoms with Crippen LogP contribution in [-0.4, -0.2) is 24.1 Å². The Morgan fingerprint density at radius 2 is 1.85 bits per heavy atom. The predicted molar refractivity (Wildman–Crippen MR) is 134 cm³/mol. The maximum Gasteiger partial charge on any atom is 0.338 e. The Hall–Kier alpha value is -3.40. The van der Waals surface area contributed by atoms with Gasteiger partial charge in [-0.05, 0) is 49.4 Å². The quantitative estimate of drug-likeness (QED) is 0.183. The summed E-state index contributed by atoms with van der Waals surface area (Å²) in [4.78, 5) is 24.8. The Balaban J connectivity index is 1.40. The van der Waals surface area contributed by atoms with Gasteiger partial charge in [0.15, 0.2) is 0 Å². The van der Waals surface area contributed by atoms with E-state index in [1.807, 2.05) is 67.6 Å². The first-order valence-electron chi connectivity index (χ1n) is 12.1. The minimum absolute atomic E-state index is 0.00964. The van der Waals surface area contributed by atoms with Crippen LogP contribution in [0.5, 0.6) is 0 Å². The van der Waals surface area contributed by atoms with Crippen molar-refractivity contribution in [2.45, 2.75) is 51.2 Å². The highest BCUT2D eigenvalue weighted by molar-refractivity contribution is 5.90. The molecule has 2 aromatic carbocycles. The number of fused-ring (bicyclic) bond motifs is 1. The molecule has 4 unspecified atom stereocenters. The van der Waals surface area contributed by atoms with Crippen molar-refractivity contribution < 1.29 is 19.1 Å². The lowest BCUT2D eigenvalue weighted by Crippen LogP contribution is -2.24. The molecule has 4 nitrogen and oxygen atoms in total. The van der Waals surface area contributed by atoms with Crippen molar-refractivity contribution in [2.75, 3.05) is 0 Å². The molecule has 4 heteroatoms. The summed E-state index contributed by atoms with van der Waals surface area (Å²) in [5.41, 5.74) is 3.93. The standard InChI is InChI=1S/C30H32O4/c1-3-21(4-2)11-7-5-10-14-25-26-19-29(31)33-28(26)20-27(25)34-30(32)24-17-15-23(16-18-24)22-12-8-6-9-13-22/h3-4,6,8-10,12-18,25-28H,1,5,7,11,19-20H2,2H3. The largest absolute Gasteiger partial charge is 0.462 e. The van der Waals surface area contributed by atoms with Gasteiger partial charge in [0, 0.05) is 18.3 Å². The normalized spacial score (nSPS) is 24.1. The molecule has 0 aromatic heterocycles. The number of esters is 2. The minimum Gasteiger partial charge on any atom is -0.462 e. The fourth-order valence-corrected chi connectivity index (χ4v) is 4.97. The Bertz CT molecular complexity index is 1060. The first-order chi connectivity index (χ1) is 16.6. The predicted octanol–water partition coefficient (Wildman–Crippen LogP) is 6.69. The van der Waals surface area contributed by atoms with E-state index in [0.717, 1.165) is 30.4 Å². The Morgan fingerprint density at radius 1 is 1.12 bits per heavy atom. The Kier molecular flexibility index (Phi) is 7.79. The van der Waals surface area contributed by atoms with Crippen molar-refractivity contribution in [3.63, 3.8) is 0 Å².